The van der Waals surface area contributed by atoms with Crippen molar-refractivity contribution in [2.75, 3.05) is 0 Å². The Morgan fingerprint density at radius 3 is 2.45 bits per heavy atom. The average Bonchev–Trinajstić information content (AvgIpc) is 2.42. The minimum Gasteiger partial charge on any atom is -0.459 e. The number of cyclic esters (lactones) is 1. The maximum Gasteiger partial charge on any atom is 0.309 e. The highest BCUT2D eigenvalue weighted by molar-refractivity contribution is 5.86. The van der Waals surface area contributed by atoms with E-state index >= 15 is 0 Å². The zero-order chi connectivity index (χ0) is 16.3. The first-order valence-electron chi connectivity index (χ1n) is 8.10. The van der Waals surface area contributed by atoms with E-state index in [9.17, 15) is 9.59 Å². The summed E-state index contributed by atoms with van der Waals surface area (Å²) >= 11 is 0. The summed E-state index contributed by atoms with van der Waals surface area (Å²) in [7, 11) is 0. The molecule has 1 unspecified atom stereocenters. The lowest BCUT2D eigenvalue weighted by atomic mass is 9.87. The van der Waals surface area contributed by atoms with Gasteiger partial charge >= 0.3 is 5.97 Å². The Morgan fingerprint density at radius 2 is 1.91 bits per heavy atom. The highest BCUT2D eigenvalue weighted by Gasteiger charge is 2.35. The van der Waals surface area contributed by atoms with Crippen molar-refractivity contribution in [2.24, 2.45) is 5.92 Å². The lowest BCUT2D eigenvalue weighted by molar-refractivity contribution is -0.171. The summed E-state index contributed by atoms with van der Waals surface area (Å²) < 4.78 is 5.39. The van der Waals surface area contributed by atoms with Crippen LogP contribution in [0.2, 0.25) is 0 Å². The topological polar surface area (TPSA) is 43.4 Å². The Labute approximate surface area is 133 Å². The molecule has 1 aromatic carbocycles. The van der Waals surface area contributed by atoms with Crippen molar-refractivity contribution in [3.05, 3.63) is 35.4 Å². The van der Waals surface area contributed by atoms with Crippen LogP contribution in [-0.4, -0.2) is 17.4 Å². The highest BCUT2D eigenvalue weighted by Crippen LogP contribution is 2.30. The molecule has 3 nitrogen and oxygen atoms in total. The molecule has 120 valence electrons. The third-order valence-electron chi connectivity index (χ3n) is 4.33. The van der Waals surface area contributed by atoms with Gasteiger partial charge in [-0.15, -0.1) is 0 Å². The molecule has 0 radical (unpaired) electrons. The number of ketones is 1. The molecule has 1 atom stereocenters. The molecule has 0 aromatic heterocycles. The summed E-state index contributed by atoms with van der Waals surface area (Å²) in [6.45, 7) is 8.13. The summed E-state index contributed by atoms with van der Waals surface area (Å²) in [6.07, 6.45) is 2.25. The fourth-order valence-corrected chi connectivity index (χ4v) is 2.83. The minimum atomic E-state index is -0.386. The van der Waals surface area contributed by atoms with Gasteiger partial charge in [0.05, 0.1) is 5.92 Å². The zero-order valence-electron chi connectivity index (χ0n) is 14.0. The molecule has 1 aromatic rings. The van der Waals surface area contributed by atoms with Crippen molar-refractivity contribution < 1.29 is 14.3 Å². The van der Waals surface area contributed by atoms with Gasteiger partial charge in [0, 0.05) is 12.8 Å². The Hall–Kier alpha value is -1.64. The SMILES string of the molecule is CC(C)c1ccc(CC(=O)CC2CCC(C)(C)OC2=O)cc1. The number of rotatable bonds is 5. The first-order valence-corrected chi connectivity index (χ1v) is 8.10. The zero-order valence-corrected chi connectivity index (χ0v) is 14.0. The van der Waals surface area contributed by atoms with Crippen molar-refractivity contribution in [3.8, 4) is 0 Å². The van der Waals surface area contributed by atoms with Crippen LogP contribution in [0.5, 0.6) is 0 Å². The molecule has 0 spiro atoms. The number of hydrogen-bond donors (Lipinski definition) is 0. The molecule has 1 aliphatic heterocycles. The van der Waals surface area contributed by atoms with Gasteiger partial charge in [0.1, 0.15) is 11.4 Å². The van der Waals surface area contributed by atoms with Gasteiger partial charge in [-0.1, -0.05) is 38.1 Å². The molecular weight excluding hydrogens is 276 g/mol. The van der Waals surface area contributed by atoms with Crippen LogP contribution in [0.3, 0.4) is 0 Å². The van der Waals surface area contributed by atoms with Crippen LogP contribution in [0.4, 0.5) is 0 Å². The molecule has 0 aliphatic carbocycles. The maximum absolute atomic E-state index is 12.2. The van der Waals surface area contributed by atoms with Crippen molar-refractivity contribution in [1.29, 1.82) is 0 Å². The molecule has 0 N–H and O–H groups in total. The maximum atomic E-state index is 12.2. The van der Waals surface area contributed by atoms with E-state index in [2.05, 4.69) is 26.0 Å². The molecular formula is C19H26O3. The molecule has 2 rings (SSSR count). The van der Waals surface area contributed by atoms with E-state index in [1.807, 2.05) is 26.0 Å². The van der Waals surface area contributed by atoms with Crippen molar-refractivity contribution >= 4 is 11.8 Å². The summed E-state index contributed by atoms with van der Waals surface area (Å²) in [6, 6.07) is 8.17. The van der Waals surface area contributed by atoms with Crippen LogP contribution in [0.1, 0.15) is 64.0 Å². The molecule has 22 heavy (non-hydrogen) atoms. The molecule has 1 saturated heterocycles. The fraction of sp³-hybridized carbons (Fsp3) is 0.579. The monoisotopic (exact) mass is 302 g/mol. The number of esters is 1. The van der Waals surface area contributed by atoms with Gasteiger partial charge < -0.3 is 4.74 Å². The van der Waals surface area contributed by atoms with Crippen LogP contribution in [0.25, 0.3) is 0 Å². The lowest BCUT2D eigenvalue weighted by Crippen LogP contribution is -2.38. The quantitative estimate of drug-likeness (QED) is 0.771. The molecule has 0 bridgehead atoms. The van der Waals surface area contributed by atoms with Gasteiger partial charge in [-0.3, -0.25) is 9.59 Å². The molecule has 3 heteroatoms. The van der Waals surface area contributed by atoms with E-state index in [0.717, 1.165) is 18.4 Å². The van der Waals surface area contributed by atoms with Crippen molar-refractivity contribution in [1.82, 2.24) is 0 Å². The van der Waals surface area contributed by atoms with Gasteiger partial charge in [0.2, 0.25) is 0 Å². The number of hydrogen-bond acceptors (Lipinski definition) is 3. The Balaban J connectivity index is 1.89. The average molecular weight is 302 g/mol. The molecule has 0 saturated carbocycles. The third kappa shape index (κ3) is 4.43. The fourth-order valence-electron chi connectivity index (χ4n) is 2.83. The Morgan fingerprint density at radius 1 is 1.27 bits per heavy atom. The van der Waals surface area contributed by atoms with E-state index in [1.165, 1.54) is 5.56 Å². The van der Waals surface area contributed by atoms with Gasteiger partial charge in [-0.25, -0.2) is 0 Å². The molecule has 1 aliphatic rings. The summed E-state index contributed by atoms with van der Waals surface area (Å²) in [5, 5.41) is 0. The standard InChI is InChI=1S/C19H26O3/c1-13(2)15-7-5-14(6-8-15)11-17(20)12-16-9-10-19(3,4)22-18(16)21/h5-8,13,16H,9-12H2,1-4H3. The minimum absolute atomic E-state index is 0.110. The van der Waals surface area contributed by atoms with Crippen LogP contribution >= 0.6 is 0 Å². The number of ether oxygens (including phenoxy) is 1. The van der Waals surface area contributed by atoms with E-state index in [0.29, 0.717) is 18.8 Å². The van der Waals surface area contributed by atoms with E-state index in [-0.39, 0.29) is 23.3 Å². The van der Waals surface area contributed by atoms with Crippen LogP contribution in [0, 0.1) is 5.92 Å². The lowest BCUT2D eigenvalue weighted by Gasteiger charge is -2.33. The number of Topliss-reactive ketones (excluding diaryl/α,β-unsaturated/α-hetero) is 1. The first-order chi connectivity index (χ1) is 10.3. The van der Waals surface area contributed by atoms with Crippen LogP contribution < -0.4 is 0 Å². The van der Waals surface area contributed by atoms with Crippen molar-refractivity contribution in [3.63, 3.8) is 0 Å². The molecule has 1 heterocycles. The molecule has 0 amide bonds. The smallest absolute Gasteiger partial charge is 0.309 e. The second-order valence-electron chi connectivity index (χ2n) is 7.23. The Kier molecular flexibility index (Phi) is 5.05. The summed E-state index contributed by atoms with van der Waals surface area (Å²) in [5.74, 6) is 0.110. The van der Waals surface area contributed by atoms with Gasteiger partial charge in [0.15, 0.2) is 0 Å². The number of carbonyl (C=O) groups excluding carboxylic acids is 2. The van der Waals surface area contributed by atoms with Gasteiger partial charge in [0.25, 0.3) is 0 Å². The largest absolute Gasteiger partial charge is 0.459 e. The highest BCUT2D eigenvalue weighted by atomic mass is 16.6. The predicted molar refractivity (Wildman–Crippen MR) is 86.8 cm³/mol. The van der Waals surface area contributed by atoms with Gasteiger partial charge in [-0.05, 0) is 43.7 Å². The Bertz CT molecular complexity index is 540. The van der Waals surface area contributed by atoms with E-state index in [1.54, 1.807) is 0 Å². The summed E-state index contributed by atoms with van der Waals surface area (Å²) in [5.41, 5.74) is 1.90. The predicted octanol–water partition coefficient (Wildman–Crippen LogP) is 4.04. The first kappa shape index (κ1) is 16.7. The normalized spacial score (nSPS) is 20.8. The second kappa shape index (κ2) is 6.64. The second-order valence-corrected chi connectivity index (χ2v) is 7.23. The van der Waals surface area contributed by atoms with Crippen LogP contribution in [0.15, 0.2) is 24.3 Å². The number of benzene rings is 1. The van der Waals surface area contributed by atoms with E-state index < -0.39 is 0 Å². The van der Waals surface area contributed by atoms with Crippen molar-refractivity contribution in [2.45, 2.75) is 64.9 Å². The van der Waals surface area contributed by atoms with Gasteiger partial charge in [-0.2, -0.15) is 0 Å². The van der Waals surface area contributed by atoms with E-state index in [4.69, 9.17) is 4.74 Å². The summed E-state index contributed by atoms with van der Waals surface area (Å²) in [4.78, 5) is 24.1. The molecule has 1 fully saturated rings. The third-order valence-corrected chi connectivity index (χ3v) is 4.33. The number of carbonyl (C=O) groups is 2. The van der Waals surface area contributed by atoms with Crippen LogP contribution in [-0.2, 0) is 20.7 Å².